The summed E-state index contributed by atoms with van der Waals surface area (Å²) < 4.78 is 9.97. The Bertz CT molecular complexity index is 601. The first-order chi connectivity index (χ1) is 11.3. The Morgan fingerprint density at radius 2 is 1.54 bits per heavy atom. The van der Waals surface area contributed by atoms with Crippen molar-refractivity contribution in [3.05, 3.63) is 35.9 Å². The Kier molecular flexibility index (Phi) is 7.17. The van der Waals surface area contributed by atoms with Gasteiger partial charge in [0.2, 0.25) is 5.91 Å². The fourth-order valence-electron chi connectivity index (χ4n) is 1.93. The molecular weight excluding hydrogens is 310 g/mol. The highest BCUT2D eigenvalue weighted by atomic mass is 16.6. The molecule has 0 saturated carbocycles. The summed E-state index contributed by atoms with van der Waals surface area (Å²) in [6.45, 7) is 6.59. The topological polar surface area (TPSA) is 81.7 Å². The van der Waals surface area contributed by atoms with Crippen LogP contribution in [0.25, 0.3) is 6.08 Å². The van der Waals surface area contributed by atoms with Crippen LogP contribution in [-0.2, 0) is 23.9 Å². The highest BCUT2D eigenvalue weighted by molar-refractivity contribution is 6.02. The number of hydrogen-bond acceptors (Lipinski definition) is 5. The van der Waals surface area contributed by atoms with Gasteiger partial charge in [-0.05, 0) is 38.5 Å². The molecule has 1 amide bonds. The molecule has 0 spiro atoms. The van der Waals surface area contributed by atoms with Crippen LogP contribution < -0.4 is 5.32 Å². The maximum Gasteiger partial charge on any atom is 0.327 e. The van der Waals surface area contributed by atoms with Gasteiger partial charge in [0.1, 0.15) is 0 Å². The number of esters is 2. The monoisotopic (exact) mass is 333 g/mol. The van der Waals surface area contributed by atoms with Gasteiger partial charge in [-0.15, -0.1) is 0 Å². The third-order valence-corrected chi connectivity index (χ3v) is 3.24. The second-order valence-corrected chi connectivity index (χ2v) is 5.28. The Balaban J connectivity index is 3.00. The fraction of sp³-hybridized carbons (Fsp3) is 0.389. The number of rotatable bonds is 7. The van der Waals surface area contributed by atoms with Gasteiger partial charge in [-0.25, -0.2) is 0 Å². The van der Waals surface area contributed by atoms with Crippen LogP contribution >= 0.6 is 0 Å². The van der Waals surface area contributed by atoms with E-state index in [1.54, 1.807) is 44.2 Å². The lowest BCUT2D eigenvalue weighted by atomic mass is 9.89. The van der Waals surface area contributed by atoms with Crippen LogP contribution in [0, 0.1) is 5.41 Å². The highest BCUT2D eigenvalue weighted by Gasteiger charge is 2.41. The minimum absolute atomic E-state index is 0.157. The van der Waals surface area contributed by atoms with Crippen LogP contribution in [0.1, 0.15) is 33.3 Å². The predicted octanol–water partition coefficient (Wildman–Crippen LogP) is 2.79. The van der Waals surface area contributed by atoms with Gasteiger partial charge in [-0.1, -0.05) is 24.3 Å². The van der Waals surface area contributed by atoms with E-state index in [1.165, 1.54) is 19.9 Å². The zero-order valence-corrected chi connectivity index (χ0v) is 14.4. The van der Waals surface area contributed by atoms with Crippen LogP contribution in [0.3, 0.4) is 0 Å². The Morgan fingerprint density at radius 1 is 1.04 bits per heavy atom. The summed E-state index contributed by atoms with van der Waals surface area (Å²) in [6.07, 6.45) is 3.11. The highest BCUT2D eigenvalue weighted by Crippen LogP contribution is 2.25. The maximum atomic E-state index is 12.2. The van der Waals surface area contributed by atoms with Crippen molar-refractivity contribution in [1.82, 2.24) is 0 Å². The van der Waals surface area contributed by atoms with E-state index < -0.39 is 17.4 Å². The molecule has 1 rings (SSSR count). The lowest BCUT2D eigenvalue weighted by molar-refractivity contribution is -0.166. The Labute approximate surface area is 141 Å². The van der Waals surface area contributed by atoms with Gasteiger partial charge in [0, 0.05) is 12.6 Å². The zero-order valence-electron chi connectivity index (χ0n) is 14.4. The first-order valence-electron chi connectivity index (χ1n) is 7.74. The molecule has 1 N–H and O–H groups in total. The maximum absolute atomic E-state index is 12.2. The second kappa shape index (κ2) is 8.86. The standard InChI is InChI=1S/C18H23NO5/c1-5-23-16(21)18(4,17(22)24-6-2)12-11-14-7-9-15(10-8-14)19-13(3)20/h7-12H,5-6H2,1-4H3,(H,19,20)/b12-11+. The summed E-state index contributed by atoms with van der Waals surface area (Å²) in [5.74, 6) is -1.47. The average molecular weight is 333 g/mol. The molecule has 0 heterocycles. The molecule has 0 atom stereocenters. The molecule has 1 aromatic rings. The summed E-state index contributed by atoms with van der Waals surface area (Å²) in [6, 6.07) is 6.98. The van der Waals surface area contributed by atoms with E-state index >= 15 is 0 Å². The third-order valence-electron chi connectivity index (χ3n) is 3.24. The number of hydrogen-bond donors (Lipinski definition) is 1. The number of amides is 1. The van der Waals surface area contributed by atoms with Crippen LogP contribution in [0.5, 0.6) is 0 Å². The number of anilines is 1. The van der Waals surface area contributed by atoms with Crippen molar-refractivity contribution >= 4 is 29.6 Å². The smallest absolute Gasteiger partial charge is 0.327 e. The minimum atomic E-state index is -1.51. The van der Waals surface area contributed by atoms with Crippen molar-refractivity contribution < 1.29 is 23.9 Å². The van der Waals surface area contributed by atoms with Gasteiger partial charge >= 0.3 is 11.9 Å². The van der Waals surface area contributed by atoms with Gasteiger partial charge in [-0.2, -0.15) is 0 Å². The first kappa shape index (κ1) is 19.4. The van der Waals surface area contributed by atoms with Crippen molar-refractivity contribution in [3.8, 4) is 0 Å². The van der Waals surface area contributed by atoms with Crippen molar-refractivity contribution in [2.45, 2.75) is 27.7 Å². The number of ether oxygens (including phenoxy) is 2. The molecule has 24 heavy (non-hydrogen) atoms. The quantitative estimate of drug-likeness (QED) is 0.613. The molecule has 0 aliphatic carbocycles. The zero-order chi connectivity index (χ0) is 18.2. The molecule has 6 heteroatoms. The van der Waals surface area contributed by atoms with Gasteiger partial charge in [0.25, 0.3) is 0 Å². The van der Waals surface area contributed by atoms with E-state index in [0.717, 1.165) is 5.56 Å². The van der Waals surface area contributed by atoms with E-state index in [-0.39, 0.29) is 19.1 Å². The predicted molar refractivity (Wildman–Crippen MR) is 91.2 cm³/mol. The molecule has 130 valence electrons. The van der Waals surface area contributed by atoms with Gasteiger partial charge in [0.05, 0.1) is 13.2 Å². The molecule has 6 nitrogen and oxygen atoms in total. The van der Waals surface area contributed by atoms with Crippen LogP contribution in [0.15, 0.2) is 30.3 Å². The summed E-state index contributed by atoms with van der Waals surface area (Å²) in [7, 11) is 0. The summed E-state index contributed by atoms with van der Waals surface area (Å²) in [5.41, 5.74) is -0.0791. The molecule has 0 aliphatic heterocycles. The van der Waals surface area contributed by atoms with Crippen LogP contribution in [0.2, 0.25) is 0 Å². The SMILES string of the molecule is CCOC(=O)C(C)(/C=C/c1ccc(NC(C)=O)cc1)C(=O)OCC. The normalized spacial score (nSPS) is 11.2. The van der Waals surface area contributed by atoms with Crippen molar-refractivity contribution in [3.63, 3.8) is 0 Å². The van der Waals surface area contributed by atoms with E-state index in [4.69, 9.17) is 9.47 Å². The lowest BCUT2D eigenvalue weighted by Gasteiger charge is -2.21. The van der Waals surface area contributed by atoms with Gasteiger partial charge < -0.3 is 14.8 Å². The molecule has 1 aromatic carbocycles. The van der Waals surface area contributed by atoms with Crippen LogP contribution in [-0.4, -0.2) is 31.1 Å². The van der Waals surface area contributed by atoms with E-state index in [0.29, 0.717) is 5.69 Å². The van der Waals surface area contributed by atoms with E-state index in [2.05, 4.69) is 5.32 Å². The Hall–Kier alpha value is -2.63. The molecule has 0 saturated heterocycles. The van der Waals surface area contributed by atoms with Crippen LogP contribution in [0.4, 0.5) is 5.69 Å². The largest absolute Gasteiger partial charge is 0.465 e. The second-order valence-electron chi connectivity index (χ2n) is 5.28. The summed E-state index contributed by atoms with van der Waals surface area (Å²) in [4.78, 5) is 35.3. The number of carbonyl (C=O) groups is 3. The number of benzene rings is 1. The number of carbonyl (C=O) groups excluding carboxylic acids is 3. The van der Waals surface area contributed by atoms with Crippen molar-refractivity contribution in [1.29, 1.82) is 0 Å². The van der Waals surface area contributed by atoms with E-state index in [1.807, 2.05) is 0 Å². The lowest BCUT2D eigenvalue weighted by Crippen LogP contribution is -2.37. The molecule has 0 radical (unpaired) electrons. The molecule has 0 aliphatic rings. The van der Waals surface area contributed by atoms with Gasteiger partial charge in [0.15, 0.2) is 5.41 Å². The molecular formula is C18H23NO5. The number of nitrogens with one attached hydrogen (secondary N) is 1. The van der Waals surface area contributed by atoms with Crippen molar-refractivity contribution in [2.24, 2.45) is 5.41 Å². The Morgan fingerprint density at radius 3 is 1.96 bits per heavy atom. The van der Waals surface area contributed by atoms with Gasteiger partial charge in [-0.3, -0.25) is 14.4 Å². The van der Waals surface area contributed by atoms with E-state index in [9.17, 15) is 14.4 Å². The first-order valence-corrected chi connectivity index (χ1v) is 7.74. The molecule has 0 unspecified atom stereocenters. The minimum Gasteiger partial charge on any atom is -0.465 e. The molecule has 0 bridgehead atoms. The fourth-order valence-corrected chi connectivity index (χ4v) is 1.93. The third kappa shape index (κ3) is 5.22. The van der Waals surface area contributed by atoms with Crippen molar-refractivity contribution in [2.75, 3.05) is 18.5 Å². The summed E-state index contributed by atoms with van der Waals surface area (Å²) >= 11 is 0. The molecule has 0 fully saturated rings. The summed E-state index contributed by atoms with van der Waals surface area (Å²) in [5, 5.41) is 2.66. The average Bonchev–Trinajstić information content (AvgIpc) is 2.53. The molecule has 0 aromatic heterocycles.